The van der Waals surface area contributed by atoms with Crippen molar-refractivity contribution in [1.82, 2.24) is 15.1 Å². The predicted octanol–water partition coefficient (Wildman–Crippen LogP) is 2.17. The number of hydrogen-bond acceptors (Lipinski definition) is 3. The third-order valence-electron chi connectivity index (χ3n) is 6.01. The second-order valence-electron chi connectivity index (χ2n) is 8.39. The van der Waals surface area contributed by atoms with Crippen LogP contribution in [-0.4, -0.2) is 53.8 Å². The van der Waals surface area contributed by atoms with Gasteiger partial charge in [0, 0.05) is 37.5 Å². The number of piperidine rings is 2. The summed E-state index contributed by atoms with van der Waals surface area (Å²) >= 11 is 0. The lowest BCUT2D eigenvalue weighted by Gasteiger charge is -2.48. The van der Waals surface area contributed by atoms with Crippen LogP contribution in [0.15, 0.2) is 30.3 Å². The number of hydrogen-bond donors (Lipinski definition) is 1. The van der Waals surface area contributed by atoms with E-state index in [-0.39, 0.29) is 17.2 Å². The monoisotopic (exact) mass is 355 g/mol. The number of likely N-dealkylation sites (tertiary alicyclic amines) is 2. The maximum absolute atomic E-state index is 12.5. The zero-order valence-electron chi connectivity index (χ0n) is 15.5. The van der Waals surface area contributed by atoms with E-state index in [4.69, 9.17) is 0 Å². The second kappa shape index (κ2) is 7.39. The molecule has 0 unspecified atom stereocenters. The van der Waals surface area contributed by atoms with E-state index < -0.39 is 0 Å². The van der Waals surface area contributed by atoms with Gasteiger partial charge in [0.15, 0.2) is 0 Å². The molecule has 3 fully saturated rings. The van der Waals surface area contributed by atoms with Crippen LogP contribution in [0.4, 0.5) is 0 Å². The van der Waals surface area contributed by atoms with E-state index >= 15 is 0 Å². The Labute approximate surface area is 155 Å². The molecular weight excluding hydrogens is 326 g/mol. The summed E-state index contributed by atoms with van der Waals surface area (Å²) in [5.41, 5.74) is 1.34. The van der Waals surface area contributed by atoms with Gasteiger partial charge in [0.1, 0.15) is 0 Å². The first-order valence-electron chi connectivity index (χ1n) is 9.95. The Hall–Kier alpha value is -1.88. The Morgan fingerprint density at radius 1 is 1.15 bits per heavy atom. The summed E-state index contributed by atoms with van der Waals surface area (Å²) in [5, 5.41) is 3.10. The molecule has 2 amide bonds. The summed E-state index contributed by atoms with van der Waals surface area (Å²) in [7, 11) is 0. The van der Waals surface area contributed by atoms with E-state index in [1.165, 1.54) is 5.56 Å². The van der Waals surface area contributed by atoms with Crippen LogP contribution in [0.2, 0.25) is 0 Å². The number of benzene rings is 1. The van der Waals surface area contributed by atoms with E-state index in [0.29, 0.717) is 25.6 Å². The Bertz CT molecular complexity index is 658. The molecule has 2 saturated heterocycles. The van der Waals surface area contributed by atoms with Crippen LogP contribution >= 0.6 is 0 Å². The van der Waals surface area contributed by atoms with Gasteiger partial charge in [-0.05, 0) is 44.2 Å². The fourth-order valence-corrected chi connectivity index (χ4v) is 4.53. The molecule has 0 radical (unpaired) electrons. The number of nitrogens with zero attached hydrogens (tertiary/aromatic N) is 2. The average molecular weight is 355 g/mol. The maximum Gasteiger partial charge on any atom is 0.234 e. The molecule has 1 atom stereocenters. The lowest BCUT2D eigenvalue weighted by molar-refractivity contribution is -0.141. The normalized spacial score (nSPS) is 26.9. The van der Waals surface area contributed by atoms with Crippen LogP contribution in [0.1, 0.15) is 44.1 Å². The molecule has 0 aromatic heterocycles. The fourth-order valence-electron chi connectivity index (χ4n) is 4.53. The average Bonchev–Trinajstić information content (AvgIpc) is 3.43. The van der Waals surface area contributed by atoms with E-state index in [9.17, 15) is 9.59 Å². The van der Waals surface area contributed by atoms with Crippen molar-refractivity contribution in [3.63, 3.8) is 0 Å². The van der Waals surface area contributed by atoms with Crippen molar-refractivity contribution in [3.8, 4) is 0 Å². The molecule has 4 rings (SSSR count). The van der Waals surface area contributed by atoms with E-state index in [0.717, 1.165) is 51.7 Å². The molecule has 5 heteroatoms. The highest BCUT2D eigenvalue weighted by Crippen LogP contribution is 2.39. The SMILES string of the molecule is O=C(CN1CCC[C@@]2(CCC(=O)N(Cc3ccccc3)C2)C1)NC1CC1. The van der Waals surface area contributed by atoms with Gasteiger partial charge in [-0.2, -0.15) is 0 Å². The lowest BCUT2D eigenvalue weighted by Crippen LogP contribution is -2.55. The summed E-state index contributed by atoms with van der Waals surface area (Å²) < 4.78 is 0. The predicted molar refractivity (Wildman–Crippen MR) is 100 cm³/mol. The van der Waals surface area contributed by atoms with Gasteiger partial charge in [0.25, 0.3) is 0 Å². The number of carbonyl (C=O) groups excluding carboxylic acids is 2. The zero-order chi connectivity index (χ0) is 18.0. The van der Waals surface area contributed by atoms with Gasteiger partial charge in [0.2, 0.25) is 11.8 Å². The van der Waals surface area contributed by atoms with Gasteiger partial charge < -0.3 is 10.2 Å². The highest BCUT2D eigenvalue weighted by molar-refractivity contribution is 5.79. The van der Waals surface area contributed by atoms with E-state index in [1.54, 1.807) is 0 Å². The van der Waals surface area contributed by atoms with Gasteiger partial charge >= 0.3 is 0 Å². The molecule has 1 aromatic carbocycles. The van der Waals surface area contributed by atoms with Crippen molar-refractivity contribution in [2.45, 2.75) is 51.1 Å². The van der Waals surface area contributed by atoms with Crippen LogP contribution in [0.5, 0.6) is 0 Å². The summed E-state index contributed by atoms with van der Waals surface area (Å²) in [6, 6.07) is 10.7. The number of carbonyl (C=O) groups is 2. The quantitative estimate of drug-likeness (QED) is 0.881. The molecule has 1 spiro atoms. The van der Waals surface area contributed by atoms with Crippen molar-refractivity contribution in [3.05, 3.63) is 35.9 Å². The minimum atomic E-state index is 0.154. The third-order valence-corrected chi connectivity index (χ3v) is 6.01. The highest BCUT2D eigenvalue weighted by Gasteiger charge is 2.42. The Morgan fingerprint density at radius 3 is 2.73 bits per heavy atom. The van der Waals surface area contributed by atoms with Crippen LogP contribution in [0.25, 0.3) is 0 Å². The van der Waals surface area contributed by atoms with Crippen LogP contribution < -0.4 is 5.32 Å². The van der Waals surface area contributed by atoms with Gasteiger partial charge in [-0.1, -0.05) is 30.3 Å². The van der Waals surface area contributed by atoms with Crippen molar-refractivity contribution in [1.29, 1.82) is 0 Å². The lowest BCUT2D eigenvalue weighted by atomic mass is 9.73. The van der Waals surface area contributed by atoms with Gasteiger partial charge in [-0.15, -0.1) is 0 Å². The molecule has 26 heavy (non-hydrogen) atoms. The van der Waals surface area contributed by atoms with Crippen molar-refractivity contribution >= 4 is 11.8 Å². The zero-order valence-corrected chi connectivity index (χ0v) is 15.5. The van der Waals surface area contributed by atoms with Gasteiger partial charge in [0.05, 0.1) is 6.54 Å². The maximum atomic E-state index is 12.5. The van der Waals surface area contributed by atoms with E-state index in [1.807, 2.05) is 23.1 Å². The highest BCUT2D eigenvalue weighted by atomic mass is 16.2. The van der Waals surface area contributed by atoms with Crippen LogP contribution in [0, 0.1) is 5.41 Å². The summed E-state index contributed by atoms with van der Waals surface area (Å²) in [6.07, 6.45) is 6.13. The van der Waals surface area contributed by atoms with Gasteiger partial charge in [-0.3, -0.25) is 14.5 Å². The molecule has 2 aliphatic heterocycles. The van der Waals surface area contributed by atoms with E-state index in [2.05, 4.69) is 22.3 Å². The number of nitrogens with one attached hydrogen (secondary N) is 1. The number of rotatable bonds is 5. The van der Waals surface area contributed by atoms with Crippen LogP contribution in [-0.2, 0) is 16.1 Å². The smallest absolute Gasteiger partial charge is 0.234 e. The molecular formula is C21H29N3O2. The first-order chi connectivity index (χ1) is 12.6. The molecule has 5 nitrogen and oxygen atoms in total. The molecule has 1 N–H and O–H groups in total. The second-order valence-corrected chi connectivity index (χ2v) is 8.39. The molecule has 3 aliphatic rings. The topological polar surface area (TPSA) is 52.7 Å². The summed E-state index contributed by atoms with van der Waals surface area (Å²) in [5.74, 6) is 0.431. The molecule has 1 saturated carbocycles. The molecule has 2 heterocycles. The fraction of sp³-hybridized carbons (Fsp3) is 0.619. The summed E-state index contributed by atoms with van der Waals surface area (Å²) in [6.45, 7) is 3.95. The third kappa shape index (κ3) is 4.26. The molecule has 0 bridgehead atoms. The first kappa shape index (κ1) is 17.5. The minimum Gasteiger partial charge on any atom is -0.352 e. The Balaban J connectivity index is 1.38. The number of amides is 2. The first-order valence-corrected chi connectivity index (χ1v) is 9.95. The van der Waals surface area contributed by atoms with Crippen molar-refractivity contribution < 1.29 is 9.59 Å². The Morgan fingerprint density at radius 2 is 1.96 bits per heavy atom. The van der Waals surface area contributed by atoms with Crippen molar-refractivity contribution in [2.24, 2.45) is 5.41 Å². The molecule has 140 valence electrons. The van der Waals surface area contributed by atoms with Crippen molar-refractivity contribution in [2.75, 3.05) is 26.2 Å². The minimum absolute atomic E-state index is 0.154. The summed E-state index contributed by atoms with van der Waals surface area (Å²) in [4.78, 5) is 29.0. The molecule has 1 aromatic rings. The largest absolute Gasteiger partial charge is 0.352 e. The van der Waals surface area contributed by atoms with Crippen LogP contribution in [0.3, 0.4) is 0 Å². The Kier molecular flexibility index (Phi) is 4.98. The standard InChI is InChI=1S/C21H29N3O2/c25-19(22-18-7-8-18)14-23-12-4-10-21(15-23)11-9-20(26)24(16-21)13-17-5-2-1-3-6-17/h1-3,5-6,18H,4,7-16H2,(H,22,25)/t21-/m1/s1. The molecule has 1 aliphatic carbocycles. The van der Waals surface area contributed by atoms with Gasteiger partial charge in [-0.25, -0.2) is 0 Å².